The molecule has 4 nitrogen and oxygen atoms in total. The summed E-state index contributed by atoms with van der Waals surface area (Å²) in [6.45, 7) is 0.496. The number of benzene rings is 4. The Labute approximate surface area is 231 Å². The first-order valence-corrected chi connectivity index (χ1v) is 13.6. The summed E-state index contributed by atoms with van der Waals surface area (Å²) < 4.78 is 13.9. The number of fused-ring (bicyclic) bond motifs is 3. The fourth-order valence-electron chi connectivity index (χ4n) is 8.16. The lowest BCUT2D eigenvalue weighted by Gasteiger charge is -2.45. The molecule has 8 rings (SSSR count). The monoisotopic (exact) mass is 524 g/mol. The fraction of sp³-hybridized carbons (Fsp3) is 0.171. The number of halogens is 1. The van der Waals surface area contributed by atoms with Gasteiger partial charge in [0.1, 0.15) is 11.4 Å². The summed E-state index contributed by atoms with van der Waals surface area (Å²) >= 11 is 0. The number of pyridine rings is 1. The van der Waals surface area contributed by atoms with Gasteiger partial charge in [-0.25, -0.2) is 4.39 Å². The Morgan fingerprint density at radius 2 is 1.57 bits per heavy atom. The highest BCUT2D eigenvalue weighted by Crippen LogP contribution is 2.67. The van der Waals surface area contributed by atoms with Crippen molar-refractivity contribution < 1.29 is 14.0 Å². The van der Waals surface area contributed by atoms with Gasteiger partial charge in [-0.15, -0.1) is 0 Å². The average Bonchev–Trinajstić information content (AvgIpc) is 3.53. The molecule has 0 N–H and O–H groups in total. The number of likely N-dealkylation sites (tertiary alicyclic amines) is 1. The van der Waals surface area contributed by atoms with Crippen molar-refractivity contribution in [3.8, 4) is 11.1 Å². The van der Waals surface area contributed by atoms with Crippen molar-refractivity contribution in [2.45, 2.75) is 17.9 Å². The SMILES string of the molecule is CN1C[C@H](c2cnccc2-c2ccc(F)cc2)[C@]2(Cc3ccccc3C2=O)[C@]12C(=O)c1cccc3cccc2c13. The van der Waals surface area contributed by atoms with Crippen LogP contribution in [0, 0.1) is 11.2 Å². The third-order valence-electron chi connectivity index (χ3n) is 9.66. The Balaban J connectivity index is 1.45. The molecule has 0 saturated carbocycles. The number of hydrogen-bond donors (Lipinski definition) is 0. The van der Waals surface area contributed by atoms with Crippen molar-refractivity contribution in [1.29, 1.82) is 0 Å². The first-order chi connectivity index (χ1) is 19.5. The van der Waals surface area contributed by atoms with Gasteiger partial charge < -0.3 is 0 Å². The van der Waals surface area contributed by atoms with Crippen molar-refractivity contribution in [2.24, 2.45) is 5.41 Å². The standard InChI is InChI=1S/C35H25FN2O2/c1-38-20-30(28-19-37-17-16-25(28)21-12-14-24(36)15-13-21)34(18-23-6-2-3-9-26(23)32(34)39)35(38)29-11-5-8-22-7-4-10-27(31(22)29)33(35)40/h2-17,19,30H,18,20H2,1H3/t30-,34+,35+/m1/s1. The Morgan fingerprint density at radius 3 is 2.38 bits per heavy atom. The summed E-state index contributed by atoms with van der Waals surface area (Å²) in [5.74, 6) is -0.652. The normalized spacial score (nSPS) is 25.0. The molecule has 40 heavy (non-hydrogen) atoms. The van der Waals surface area contributed by atoms with E-state index in [2.05, 4.69) is 9.88 Å². The summed E-state index contributed by atoms with van der Waals surface area (Å²) in [5, 5.41) is 1.94. The van der Waals surface area contributed by atoms with Gasteiger partial charge in [-0.1, -0.05) is 72.8 Å². The highest BCUT2D eigenvalue weighted by Gasteiger charge is 2.74. The first kappa shape index (κ1) is 23.4. The number of ketones is 2. The summed E-state index contributed by atoms with van der Waals surface area (Å²) in [6.07, 6.45) is 4.01. The fourth-order valence-corrected chi connectivity index (χ4v) is 8.16. The molecule has 2 aliphatic carbocycles. The quantitative estimate of drug-likeness (QED) is 0.262. The van der Waals surface area contributed by atoms with Crippen molar-refractivity contribution in [1.82, 2.24) is 9.88 Å². The van der Waals surface area contributed by atoms with E-state index in [1.165, 1.54) is 12.1 Å². The molecule has 0 radical (unpaired) electrons. The van der Waals surface area contributed by atoms with Gasteiger partial charge in [-0.05, 0) is 70.3 Å². The van der Waals surface area contributed by atoms with Gasteiger partial charge in [-0.3, -0.25) is 19.5 Å². The van der Waals surface area contributed by atoms with Crippen LogP contribution in [0.25, 0.3) is 21.9 Å². The number of hydrogen-bond acceptors (Lipinski definition) is 4. The van der Waals surface area contributed by atoms with E-state index in [4.69, 9.17) is 0 Å². The highest BCUT2D eigenvalue weighted by atomic mass is 19.1. The molecule has 1 fully saturated rings. The molecule has 1 aromatic heterocycles. The Bertz CT molecular complexity index is 1890. The molecule has 1 saturated heterocycles. The molecule has 2 spiro atoms. The molecule has 2 heterocycles. The van der Waals surface area contributed by atoms with Crippen molar-refractivity contribution in [3.05, 3.63) is 137 Å². The number of nitrogens with zero attached hydrogens (tertiary/aromatic N) is 2. The van der Waals surface area contributed by atoms with E-state index < -0.39 is 11.0 Å². The molecule has 3 atom stereocenters. The van der Waals surface area contributed by atoms with Crippen LogP contribution >= 0.6 is 0 Å². The van der Waals surface area contributed by atoms with E-state index in [0.717, 1.165) is 38.6 Å². The van der Waals surface area contributed by atoms with Crippen LogP contribution in [0.2, 0.25) is 0 Å². The largest absolute Gasteiger partial charge is 0.293 e. The highest BCUT2D eigenvalue weighted by molar-refractivity contribution is 6.24. The summed E-state index contributed by atoms with van der Waals surface area (Å²) in [5.41, 5.74) is 3.62. The van der Waals surface area contributed by atoms with E-state index in [1.54, 1.807) is 18.3 Å². The molecule has 5 aromatic rings. The molecule has 0 amide bonds. The zero-order valence-electron chi connectivity index (χ0n) is 21.9. The van der Waals surface area contributed by atoms with Gasteiger partial charge in [0.05, 0.1) is 5.41 Å². The number of rotatable bonds is 2. The second kappa shape index (κ2) is 8.03. The topological polar surface area (TPSA) is 50.3 Å². The lowest BCUT2D eigenvalue weighted by molar-refractivity contribution is 0.0342. The molecule has 1 aliphatic heterocycles. The summed E-state index contributed by atoms with van der Waals surface area (Å²) in [4.78, 5) is 36.5. The van der Waals surface area contributed by atoms with Crippen LogP contribution in [-0.2, 0) is 12.0 Å². The zero-order valence-corrected chi connectivity index (χ0v) is 21.9. The Hall–Kier alpha value is -4.48. The van der Waals surface area contributed by atoms with Crippen molar-refractivity contribution >= 4 is 22.3 Å². The van der Waals surface area contributed by atoms with E-state index in [1.807, 2.05) is 80.0 Å². The summed E-state index contributed by atoms with van der Waals surface area (Å²) in [7, 11) is 1.98. The second-order valence-electron chi connectivity index (χ2n) is 11.3. The summed E-state index contributed by atoms with van der Waals surface area (Å²) in [6, 6.07) is 28.1. The molecule has 0 bridgehead atoms. The first-order valence-electron chi connectivity index (χ1n) is 13.6. The molecular formula is C35H25FN2O2. The lowest BCUT2D eigenvalue weighted by atomic mass is 9.58. The van der Waals surface area contributed by atoms with Gasteiger partial charge in [0.15, 0.2) is 11.6 Å². The van der Waals surface area contributed by atoms with Crippen LogP contribution in [0.1, 0.15) is 43.3 Å². The van der Waals surface area contributed by atoms with E-state index in [-0.39, 0.29) is 23.3 Å². The minimum atomic E-state index is -1.17. The van der Waals surface area contributed by atoms with Crippen LogP contribution < -0.4 is 0 Å². The number of Topliss-reactive ketones (excluding diaryl/α,β-unsaturated/α-hetero) is 2. The molecule has 194 valence electrons. The zero-order chi connectivity index (χ0) is 27.2. The molecule has 5 heteroatoms. The predicted octanol–water partition coefficient (Wildman–Crippen LogP) is 6.59. The van der Waals surface area contributed by atoms with Gasteiger partial charge in [-0.2, -0.15) is 0 Å². The Kier molecular flexibility index (Phi) is 4.70. The smallest absolute Gasteiger partial charge is 0.189 e. The van der Waals surface area contributed by atoms with Crippen molar-refractivity contribution in [3.63, 3.8) is 0 Å². The third-order valence-corrected chi connectivity index (χ3v) is 9.66. The Morgan fingerprint density at radius 1 is 0.825 bits per heavy atom. The molecule has 4 aromatic carbocycles. The molecule has 3 aliphatic rings. The number of carbonyl (C=O) groups is 2. The molecule has 0 unspecified atom stereocenters. The van der Waals surface area contributed by atoms with Crippen LogP contribution in [0.15, 0.2) is 103 Å². The maximum atomic E-state index is 15.0. The van der Waals surface area contributed by atoms with Gasteiger partial charge in [0.2, 0.25) is 0 Å². The van der Waals surface area contributed by atoms with E-state index >= 15 is 0 Å². The predicted molar refractivity (Wildman–Crippen MR) is 152 cm³/mol. The van der Waals surface area contributed by atoms with Gasteiger partial charge in [0.25, 0.3) is 0 Å². The minimum Gasteiger partial charge on any atom is -0.293 e. The third kappa shape index (κ3) is 2.66. The number of aromatic nitrogens is 1. The van der Waals surface area contributed by atoms with E-state index in [0.29, 0.717) is 24.1 Å². The number of likely N-dealkylation sites (N-methyl/N-ethyl adjacent to an activating group) is 1. The van der Waals surface area contributed by atoms with Crippen molar-refractivity contribution in [2.75, 3.05) is 13.6 Å². The van der Waals surface area contributed by atoms with Crippen LogP contribution in [0.5, 0.6) is 0 Å². The average molecular weight is 525 g/mol. The second-order valence-corrected chi connectivity index (χ2v) is 11.3. The van der Waals surface area contributed by atoms with Gasteiger partial charge in [0, 0.05) is 36.0 Å². The van der Waals surface area contributed by atoms with Crippen LogP contribution in [-0.4, -0.2) is 35.0 Å². The van der Waals surface area contributed by atoms with Crippen LogP contribution in [0.3, 0.4) is 0 Å². The maximum absolute atomic E-state index is 15.0. The number of carbonyl (C=O) groups excluding carboxylic acids is 2. The van der Waals surface area contributed by atoms with E-state index in [9.17, 15) is 14.0 Å². The van der Waals surface area contributed by atoms with Crippen LogP contribution in [0.4, 0.5) is 4.39 Å². The minimum absolute atomic E-state index is 0.00418. The lowest BCUT2D eigenvalue weighted by Crippen LogP contribution is -2.57. The maximum Gasteiger partial charge on any atom is 0.189 e. The van der Waals surface area contributed by atoms with Gasteiger partial charge >= 0.3 is 0 Å². The molecular weight excluding hydrogens is 499 g/mol.